The van der Waals surface area contributed by atoms with Crippen LogP contribution in [0.25, 0.3) is 22.3 Å². The second kappa shape index (κ2) is 8.52. The van der Waals surface area contributed by atoms with Crippen LogP contribution in [0.3, 0.4) is 0 Å². The van der Waals surface area contributed by atoms with Crippen molar-refractivity contribution in [1.82, 2.24) is 9.55 Å². The molecule has 2 aliphatic heterocycles. The van der Waals surface area contributed by atoms with Crippen LogP contribution < -0.4 is 10.3 Å². The number of aryl methyl sites for hydroxylation is 1. The first-order chi connectivity index (χ1) is 17.8. The Morgan fingerprint density at radius 2 is 1.97 bits per heavy atom. The van der Waals surface area contributed by atoms with Crippen LogP contribution in [-0.4, -0.2) is 20.6 Å². The minimum absolute atomic E-state index is 0.0956. The molecule has 188 valence electrons. The van der Waals surface area contributed by atoms with E-state index >= 15 is 0 Å². The van der Waals surface area contributed by atoms with Gasteiger partial charge in [0.15, 0.2) is 5.60 Å². The summed E-state index contributed by atoms with van der Waals surface area (Å²) in [6, 6.07) is 13.6. The Bertz CT molecular complexity index is 1660. The fourth-order valence-electron chi connectivity index (χ4n) is 5.43. The van der Waals surface area contributed by atoms with Crippen molar-refractivity contribution in [1.29, 1.82) is 0 Å². The molecule has 0 aliphatic carbocycles. The number of halogens is 1. The number of aliphatic hydroxyl groups is 1. The predicted octanol–water partition coefficient (Wildman–Crippen LogP) is 4.36. The normalized spacial score (nSPS) is 17.8. The van der Waals surface area contributed by atoms with E-state index < -0.39 is 11.6 Å². The van der Waals surface area contributed by atoms with Crippen molar-refractivity contribution >= 4 is 16.9 Å². The number of aromatic nitrogens is 2. The summed E-state index contributed by atoms with van der Waals surface area (Å²) in [5.74, 6) is -0.408. The largest absolute Gasteiger partial charge is 0.489 e. The average Bonchev–Trinajstić information content (AvgIpc) is 3.27. The molecule has 1 atom stereocenters. The highest BCUT2D eigenvalue weighted by Gasteiger charge is 2.45. The van der Waals surface area contributed by atoms with Gasteiger partial charge < -0.3 is 19.1 Å². The molecule has 0 spiro atoms. The number of carbonyl (C=O) groups excluding carboxylic acids is 1. The molecule has 0 radical (unpaired) electrons. The van der Waals surface area contributed by atoms with Crippen LogP contribution >= 0.6 is 0 Å². The fourth-order valence-corrected chi connectivity index (χ4v) is 5.43. The molecule has 8 heteroatoms. The van der Waals surface area contributed by atoms with Gasteiger partial charge in [0.05, 0.1) is 29.0 Å². The molecular formula is C29H25FN2O5. The smallest absolute Gasteiger partial charge is 0.343 e. The number of hydrogen-bond donors (Lipinski definition) is 1. The molecule has 6 rings (SSSR count). The zero-order valence-electron chi connectivity index (χ0n) is 20.5. The Labute approximate surface area is 212 Å². The van der Waals surface area contributed by atoms with E-state index in [2.05, 4.69) is 6.92 Å². The molecule has 2 aromatic heterocycles. The highest BCUT2D eigenvalue weighted by molar-refractivity contribution is 5.90. The number of hydrogen-bond acceptors (Lipinski definition) is 6. The molecule has 37 heavy (non-hydrogen) atoms. The number of rotatable bonds is 5. The number of esters is 1. The van der Waals surface area contributed by atoms with E-state index in [1.165, 1.54) is 12.1 Å². The molecule has 2 aliphatic rings. The van der Waals surface area contributed by atoms with Gasteiger partial charge in [0.25, 0.3) is 5.56 Å². The summed E-state index contributed by atoms with van der Waals surface area (Å²) in [5, 5.41) is 12.0. The molecule has 4 heterocycles. The Kier molecular flexibility index (Phi) is 5.38. The maximum Gasteiger partial charge on any atom is 0.343 e. The van der Waals surface area contributed by atoms with Gasteiger partial charge >= 0.3 is 5.97 Å². The number of ether oxygens (including phenoxy) is 2. The van der Waals surface area contributed by atoms with Crippen LogP contribution in [0.5, 0.6) is 5.75 Å². The van der Waals surface area contributed by atoms with Gasteiger partial charge in [0.2, 0.25) is 0 Å². The lowest BCUT2D eigenvalue weighted by molar-refractivity contribution is -0.172. The van der Waals surface area contributed by atoms with Crippen molar-refractivity contribution in [3.63, 3.8) is 0 Å². The van der Waals surface area contributed by atoms with Crippen molar-refractivity contribution in [2.24, 2.45) is 0 Å². The zero-order valence-corrected chi connectivity index (χ0v) is 20.5. The number of fused-ring (bicyclic) bond motifs is 5. The van der Waals surface area contributed by atoms with Crippen LogP contribution in [0.15, 0.2) is 53.3 Å². The molecule has 0 saturated carbocycles. The molecule has 0 fully saturated rings. The van der Waals surface area contributed by atoms with Crippen LogP contribution in [0.1, 0.15) is 48.1 Å². The lowest BCUT2D eigenvalue weighted by atomic mass is 9.86. The summed E-state index contributed by atoms with van der Waals surface area (Å²) in [7, 11) is 0. The summed E-state index contributed by atoms with van der Waals surface area (Å²) in [5.41, 5.74) is 3.19. The van der Waals surface area contributed by atoms with E-state index in [0.29, 0.717) is 41.2 Å². The highest BCUT2D eigenvalue weighted by Crippen LogP contribution is 2.40. The minimum atomic E-state index is -1.86. The van der Waals surface area contributed by atoms with Crippen molar-refractivity contribution < 1.29 is 23.8 Å². The Morgan fingerprint density at radius 3 is 2.73 bits per heavy atom. The summed E-state index contributed by atoms with van der Waals surface area (Å²) < 4.78 is 26.3. The molecule has 1 N–H and O–H groups in total. The first-order valence-electron chi connectivity index (χ1n) is 12.3. The molecule has 7 nitrogen and oxygen atoms in total. The van der Waals surface area contributed by atoms with Gasteiger partial charge in [-0.05, 0) is 60.4 Å². The molecular weight excluding hydrogens is 475 g/mol. The number of nitrogens with zero attached hydrogens (tertiary/aromatic N) is 2. The highest BCUT2D eigenvalue weighted by atomic mass is 19.1. The van der Waals surface area contributed by atoms with Gasteiger partial charge in [-0.1, -0.05) is 26.0 Å². The topological polar surface area (TPSA) is 90.6 Å². The van der Waals surface area contributed by atoms with E-state index in [0.717, 1.165) is 27.6 Å². The number of carbonyl (C=O) groups is 1. The lowest BCUT2D eigenvalue weighted by Crippen LogP contribution is -2.44. The van der Waals surface area contributed by atoms with Gasteiger partial charge in [0.1, 0.15) is 24.8 Å². The van der Waals surface area contributed by atoms with E-state index in [1.54, 1.807) is 23.6 Å². The third-order valence-electron chi connectivity index (χ3n) is 7.43. The lowest BCUT2D eigenvalue weighted by Gasteiger charge is -2.31. The zero-order chi connectivity index (χ0) is 25.9. The predicted molar refractivity (Wildman–Crippen MR) is 135 cm³/mol. The molecule has 0 bridgehead atoms. The molecule has 0 saturated heterocycles. The summed E-state index contributed by atoms with van der Waals surface area (Å²) in [6.45, 7) is 4.15. The summed E-state index contributed by atoms with van der Waals surface area (Å²) in [6.07, 6.45) is 0.802. The van der Waals surface area contributed by atoms with Gasteiger partial charge in [-0.3, -0.25) is 4.79 Å². The molecule has 4 aromatic rings. The third kappa shape index (κ3) is 3.54. The number of pyridine rings is 2. The van der Waals surface area contributed by atoms with Gasteiger partial charge in [-0.15, -0.1) is 0 Å². The standard InChI is InChI=1S/C29H25FN2O5/c1-3-19-20-11-18(36-14-16-6-5-7-17(30)10-16)8-9-24(20)31-26-21(19)13-32-25(26)12-23-22(27(32)33)15-37-28(34)29(23,35)4-2/h5-12,35H,3-4,13-15H2,1-2H3. The number of benzene rings is 2. The monoisotopic (exact) mass is 500 g/mol. The van der Waals surface area contributed by atoms with Crippen molar-refractivity contribution in [2.45, 2.75) is 52.0 Å². The van der Waals surface area contributed by atoms with E-state index in [1.807, 2.05) is 24.3 Å². The summed E-state index contributed by atoms with van der Waals surface area (Å²) in [4.78, 5) is 30.8. The maximum atomic E-state index is 13.5. The van der Waals surface area contributed by atoms with Crippen LogP contribution in [-0.2, 0) is 41.3 Å². The Hall–Kier alpha value is -4.04. The first kappa shape index (κ1) is 23.4. The maximum absolute atomic E-state index is 13.5. The van der Waals surface area contributed by atoms with Crippen LogP contribution in [0.4, 0.5) is 4.39 Å². The van der Waals surface area contributed by atoms with Crippen LogP contribution in [0, 0.1) is 5.82 Å². The second-order valence-electron chi connectivity index (χ2n) is 9.47. The molecule has 0 amide bonds. The first-order valence-corrected chi connectivity index (χ1v) is 12.3. The average molecular weight is 501 g/mol. The fraction of sp³-hybridized carbons (Fsp3) is 0.276. The van der Waals surface area contributed by atoms with E-state index in [4.69, 9.17) is 14.5 Å². The Morgan fingerprint density at radius 1 is 1.14 bits per heavy atom. The van der Waals surface area contributed by atoms with Gasteiger partial charge in [0, 0.05) is 16.5 Å². The molecule has 1 unspecified atom stereocenters. The van der Waals surface area contributed by atoms with Crippen molar-refractivity contribution in [2.75, 3.05) is 0 Å². The Balaban J connectivity index is 1.45. The van der Waals surface area contributed by atoms with Gasteiger partial charge in [-0.2, -0.15) is 0 Å². The van der Waals surface area contributed by atoms with Crippen molar-refractivity contribution in [3.8, 4) is 17.1 Å². The van der Waals surface area contributed by atoms with Crippen LogP contribution in [0.2, 0.25) is 0 Å². The number of cyclic esters (lactones) is 1. The van der Waals surface area contributed by atoms with Crippen molar-refractivity contribution in [3.05, 3.63) is 92.5 Å². The minimum Gasteiger partial charge on any atom is -0.489 e. The quantitative estimate of drug-likeness (QED) is 0.361. The SMILES string of the molecule is CCc1c2c(nc3ccc(OCc4cccc(F)c4)cc13)-c1cc3c(c(=O)n1C2)COC(=O)C3(O)CC. The van der Waals surface area contributed by atoms with E-state index in [-0.39, 0.29) is 31.0 Å². The second-order valence-corrected chi connectivity index (χ2v) is 9.47. The van der Waals surface area contributed by atoms with Gasteiger partial charge in [-0.25, -0.2) is 14.2 Å². The van der Waals surface area contributed by atoms with E-state index in [9.17, 15) is 19.1 Å². The molecule has 2 aromatic carbocycles. The summed E-state index contributed by atoms with van der Waals surface area (Å²) >= 11 is 0. The third-order valence-corrected chi connectivity index (χ3v) is 7.43.